The largest absolute Gasteiger partial charge is 0.485 e. The van der Waals surface area contributed by atoms with Crippen LogP contribution in [0.4, 0.5) is 0 Å². The van der Waals surface area contributed by atoms with Crippen molar-refractivity contribution < 1.29 is 14.1 Å². The van der Waals surface area contributed by atoms with Crippen LogP contribution in [-0.4, -0.2) is 15.9 Å². The number of carbonyl (C=O) groups is 1. The van der Waals surface area contributed by atoms with Crippen LogP contribution in [0.1, 0.15) is 48.8 Å². The molecule has 1 aromatic heterocycles. The Morgan fingerprint density at radius 2 is 2.00 bits per heavy atom. The molecule has 2 rings (SSSR count). The zero-order valence-electron chi connectivity index (χ0n) is 11.8. The van der Waals surface area contributed by atoms with Gasteiger partial charge in [-0.3, -0.25) is 4.79 Å². The van der Waals surface area contributed by atoms with Gasteiger partial charge in [-0.1, -0.05) is 19.0 Å². The van der Waals surface area contributed by atoms with Crippen LogP contribution in [0, 0.1) is 0 Å². The minimum Gasteiger partial charge on any atom is -0.485 e. The molecule has 5 nitrogen and oxygen atoms in total. The molecule has 0 spiro atoms. The Hall–Kier alpha value is -2.17. The molecule has 0 atom stereocenters. The average Bonchev–Trinajstić information content (AvgIpc) is 2.93. The summed E-state index contributed by atoms with van der Waals surface area (Å²) in [5.74, 6) is 1.97. The maximum absolute atomic E-state index is 11.5. The normalized spacial score (nSPS) is 10.5. The second-order valence-electron chi connectivity index (χ2n) is 4.44. The standard InChI is InChI=1S/C15H18N2O3/c1-3-5-15-16-14(17-20-15)10-19-12-8-6-11(7-9-12)13(18)4-2/h6-9H,3-5,10H2,1-2H3. The number of ether oxygens (including phenoxy) is 1. The van der Waals surface area contributed by atoms with Gasteiger partial charge in [0.2, 0.25) is 11.7 Å². The Morgan fingerprint density at radius 1 is 1.25 bits per heavy atom. The van der Waals surface area contributed by atoms with Crippen LogP contribution < -0.4 is 4.74 Å². The van der Waals surface area contributed by atoms with E-state index in [1.54, 1.807) is 24.3 Å². The smallest absolute Gasteiger partial charge is 0.226 e. The molecular formula is C15H18N2O3. The van der Waals surface area contributed by atoms with E-state index in [-0.39, 0.29) is 12.4 Å². The molecule has 0 aliphatic rings. The highest BCUT2D eigenvalue weighted by Gasteiger charge is 2.07. The molecule has 106 valence electrons. The number of benzene rings is 1. The molecule has 1 heterocycles. The second kappa shape index (κ2) is 6.84. The summed E-state index contributed by atoms with van der Waals surface area (Å²) in [6.07, 6.45) is 2.25. The van der Waals surface area contributed by atoms with Gasteiger partial charge in [-0.2, -0.15) is 4.98 Å². The van der Waals surface area contributed by atoms with Gasteiger partial charge < -0.3 is 9.26 Å². The van der Waals surface area contributed by atoms with Gasteiger partial charge in [-0.05, 0) is 30.7 Å². The van der Waals surface area contributed by atoms with Crippen molar-refractivity contribution >= 4 is 5.78 Å². The summed E-state index contributed by atoms with van der Waals surface area (Å²) in [6.45, 7) is 4.16. The quantitative estimate of drug-likeness (QED) is 0.725. The fraction of sp³-hybridized carbons (Fsp3) is 0.400. The molecule has 20 heavy (non-hydrogen) atoms. The Morgan fingerprint density at radius 3 is 2.65 bits per heavy atom. The van der Waals surface area contributed by atoms with Crippen molar-refractivity contribution in [3.8, 4) is 5.75 Å². The van der Waals surface area contributed by atoms with E-state index >= 15 is 0 Å². The third kappa shape index (κ3) is 3.66. The average molecular weight is 274 g/mol. The van der Waals surface area contributed by atoms with Crippen LogP contribution in [0.2, 0.25) is 0 Å². The number of aromatic nitrogens is 2. The number of rotatable bonds is 7. The molecule has 5 heteroatoms. The van der Waals surface area contributed by atoms with E-state index in [1.165, 1.54) is 0 Å². The number of aryl methyl sites for hydroxylation is 1. The summed E-state index contributed by atoms with van der Waals surface area (Å²) in [5.41, 5.74) is 0.699. The van der Waals surface area contributed by atoms with Gasteiger partial charge in [0.15, 0.2) is 12.4 Å². The summed E-state index contributed by atoms with van der Waals surface area (Å²) in [5, 5.41) is 3.84. The van der Waals surface area contributed by atoms with Gasteiger partial charge >= 0.3 is 0 Å². The zero-order valence-corrected chi connectivity index (χ0v) is 11.8. The van der Waals surface area contributed by atoms with E-state index in [0.717, 1.165) is 12.8 Å². The summed E-state index contributed by atoms with van der Waals surface area (Å²) in [6, 6.07) is 7.08. The first-order chi connectivity index (χ1) is 9.72. The van der Waals surface area contributed by atoms with Crippen molar-refractivity contribution in [3.63, 3.8) is 0 Å². The molecule has 0 bridgehead atoms. The van der Waals surface area contributed by atoms with Crippen molar-refractivity contribution in [2.24, 2.45) is 0 Å². The third-order valence-electron chi connectivity index (χ3n) is 2.84. The summed E-state index contributed by atoms with van der Waals surface area (Å²) in [7, 11) is 0. The second-order valence-corrected chi connectivity index (χ2v) is 4.44. The van der Waals surface area contributed by atoms with Gasteiger partial charge in [-0.15, -0.1) is 0 Å². The Kier molecular flexibility index (Phi) is 4.87. The van der Waals surface area contributed by atoms with E-state index in [2.05, 4.69) is 17.1 Å². The highest BCUT2D eigenvalue weighted by atomic mass is 16.5. The fourth-order valence-electron chi connectivity index (χ4n) is 1.75. The minimum absolute atomic E-state index is 0.124. The summed E-state index contributed by atoms with van der Waals surface area (Å²) in [4.78, 5) is 15.7. The van der Waals surface area contributed by atoms with E-state index in [9.17, 15) is 4.79 Å². The number of hydrogen-bond acceptors (Lipinski definition) is 5. The summed E-state index contributed by atoms with van der Waals surface area (Å²) < 4.78 is 10.6. The predicted molar refractivity (Wildman–Crippen MR) is 73.7 cm³/mol. The van der Waals surface area contributed by atoms with Crippen LogP contribution in [0.5, 0.6) is 5.75 Å². The molecule has 0 N–H and O–H groups in total. The van der Waals surface area contributed by atoms with Gasteiger partial charge in [0.25, 0.3) is 0 Å². The lowest BCUT2D eigenvalue weighted by Crippen LogP contribution is -1.99. The van der Waals surface area contributed by atoms with Crippen molar-refractivity contribution in [1.82, 2.24) is 10.1 Å². The predicted octanol–water partition coefficient (Wildman–Crippen LogP) is 3.19. The number of hydrogen-bond donors (Lipinski definition) is 0. The van der Waals surface area contributed by atoms with Gasteiger partial charge in [0, 0.05) is 18.4 Å². The highest BCUT2D eigenvalue weighted by molar-refractivity contribution is 5.95. The number of ketones is 1. The van der Waals surface area contributed by atoms with Crippen LogP contribution in [-0.2, 0) is 13.0 Å². The minimum atomic E-state index is 0.124. The van der Waals surface area contributed by atoms with Crippen LogP contribution in [0.15, 0.2) is 28.8 Å². The maximum atomic E-state index is 11.5. The monoisotopic (exact) mass is 274 g/mol. The van der Waals surface area contributed by atoms with Crippen molar-refractivity contribution in [2.45, 2.75) is 39.7 Å². The first kappa shape index (κ1) is 14.2. The molecular weight excluding hydrogens is 256 g/mol. The van der Waals surface area contributed by atoms with Crippen LogP contribution in [0.3, 0.4) is 0 Å². The van der Waals surface area contributed by atoms with E-state index in [4.69, 9.17) is 9.26 Å². The molecule has 0 aliphatic heterocycles. The van der Waals surface area contributed by atoms with Crippen molar-refractivity contribution in [2.75, 3.05) is 0 Å². The third-order valence-corrected chi connectivity index (χ3v) is 2.84. The molecule has 0 saturated carbocycles. The Balaban J connectivity index is 1.91. The lowest BCUT2D eigenvalue weighted by atomic mass is 10.1. The van der Waals surface area contributed by atoms with E-state index in [0.29, 0.717) is 29.4 Å². The number of Topliss-reactive ketones (excluding diaryl/α,β-unsaturated/α-hetero) is 1. The fourth-order valence-corrected chi connectivity index (χ4v) is 1.75. The zero-order chi connectivity index (χ0) is 14.4. The topological polar surface area (TPSA) is 65.2 Å². The molecule has 0 saturated heterocycles. The first-order valence-corrected chi connectivity index (χ1v) is 6.80. The molecule has 0 radical (unpaired) electrons. The lowest BCUT2D eigenvalue weighted by molar-refractivity contribution is 0.0988. The van der Waals surface area contributed by atoms with Crippen LogP contribution in [0.25, 0.3) is 0 Å². The maximum Gasteiger partial charge on any atom is 0.226 e. The highest BCUT2D eigenvalue weighted by Crippen LogP contribution is 2.14. The first-order valence-electron chi connectivity index (χ1n) is 6.80. The number of carbonyl (C=O) groups excluding carboxylic acids is 1. The van der Waals surface area contributed by atoms with Gasteiger partial charge in [-0.25, -0.2) is 0 Å². The lowest BCUT2D eigenvalue weighted by Gasteiger charge is -2.04. The SMILES string of the molecule is CCCc1nc(COc2ccc(C(=O)CC)cc2)no1. The molecule has 0 fully saturated rings. The molecule has 2 aromatic rings. The van der Waals surface area contributed by atoms with Gasteiger partial charge in [0.1, 0.15) is 5.75 Å². The van der Waals surface area contributed by atoms with Crippen molar-refractivity contribution in [1.29, 1.82) is 0 Å². The van der Waals surface area contributed by atoms with E-state index in [1.807, 2.05) is 6.92 Å². The Labute approximate surface area is 118 Å². The molecule has 1 aromatic carbocycles. The van der Waals surface area contributed by atoms with Crippen LogP contribution >= 0.6 is 0 Å². The number of nitrogens with zero attached hydrogens (tertiary/aromatic N) is 2. The van der Waals surface area contributed by atoms with Crippen molar-refractivity contribution in [3.05, 3.63) is 41.5 Å². The van der Waals surface area contributed by atoms with Gasteiger partial charge in [0.05, 0.1) is 0 Å². The van der Waals surface area contributed by atoms with E-state index < -0.39 is 0 Å². The Bertz CT molecular complexity index is 561. The summed E-state index contributed by atoms with van der Waals surface area (Å²) >= 11 is 0. The molecule has 0 unspecified atom stereocenters. The molecule has 0 aliphatic carbocycles. The molecule has 0 amide bonds.